The van der Waals surface area contributed by atoms with E-state index in [0.29, 0.717) is 5.11 Å². The highest BCUT2D eigenvalue weighted by Gasteiger charge is 2.06. The van der Waals surface area contributed by atoms with E-state index in [1.54, 1.807) is 7.11 Å². The van der Waals surface area contributed by atoms with Gasteiger partial charge in [0, 0.05) is 19.3 Å². The number of rotatable bonds is 4. The maximum absolute atomic E-state index is 5.48. The van der Waals surface area contributed by atoms with Gasteiger partial charge in [0.1, 0.15) is 5.75 Å². The van der Waals surface area contributed by atoms with Crippen molar-refractivity contribution in [2.75, 3.05) is 19.5 Å². The van der Waals surface area contributed by atoms with E-state index < -0.39 is 0 Å². The van der Waals surface area contributed by atoms with Crippen molar-refractivity contribution >= 4 is 23.0 Å². The molecular weight excluding hydrogens is 292 g/mol. The summed E-state index contributed by atoms with van der Waals surface area (Å²) >= 11 is 5.48. The Morgan fingerprint density at radius 2 is 1.68 bits per heavy atom. The van der Waals surface area contributed by atoms with Crippen molar-refractivity contribution in [1.82, 2.24) is 4.90 Å². The second-order valence-electron chi connectivity index (χ2n) is 5.51. The zero-order valence-electron chi connectivity index (χ0n) is 13.5. The first kappa shape index (κ1) is 16.3. The number of anilines is 1. The first-order chi connectivity index (χ1) is 10.5. The van der Waals surface area contributed by atoms with Crippen LogP contribution in [0.2, 0.25) is 0 Å². The number of nitrogens with zero attached hydrogens (tertiary/aromatic N) is 1. The summed E-state index contributed by atoms with van der Waals surface area (Å²) in [5.41, 5.74) is 4.67. The predicted molar refractivity (Wildman–Crippen MR) is 96.6 cm³/mol. The Morgan fingerprint density at radius 3 is 2.23 bits per heavy atom. The lowest BCUT2D eigenvalue weighted by molar-refractivity contribution is 0.414. The van der Waals surface area contributed by atoms with Gasteiger partial charge in [-0.2, -0.15) is 0 Å². The molecule has 1 N–H and O–H groups in total. The number of nitrogens with one attached hydrogen (secondary N) is 1. The van der Waals surface area contributed by atoms with Gasteiger partial charge in [0.2, 0.25) is 0 Å². The van der Waals surface area contributed by atoms with Crippen molar-refractivity contribution in [3.63, 3.8) is 0 Å². The fourth-order valence-corrected chi connectivity index (χ4v) is 2.52. The Bertz CT molecular complexity index is 632. The maximum Gasteiger partial charge on any atom is 0.173 e. The first-order valence-electron chi connectivity index (χ1n) is 7.21. The fourth-order valence-electron chi connectivity index (χ4n) is 2.34. The molecule has 0 saturated heterocycles. The van der Waals surface area contributed by atoms with Crippen molar-refractivity contribution in [2.45, 2.75) is 20.4 Å². The Labute approximate surface area is 137 Å². The number of methoxy groups -OCH3 is 1. The molecule has 2 aromatic rings. The van der Waals surface area contributed by atoms with Crippen LogP contribution in [-0.2, 0) is 6.54 Å². The van der Waals surface area contributed by atoms with E-state index in [-0.39, 0.29) is 0 Å². The van der Waals surface area contributed by atoms with Gasteiger partial charge in [0.15, 0.2) is 5.11 Å². The minimum atomic E-state index is 0.709. The number of benzene rings is 2. The summed E-state index contributed by atoms with van der Waals surface area (Å²) in [6, 6.07) is 14.4. The number of hydrogen-bond acceptors (Lipinski definition) is 2. The molecule has 0 aromatic heterocycles. The first-order valence-corrected chi connectivity index (χ1v) is 7.62. The summed E-state index contributed by atoms with van der Waals surface area (Å²) in [5.74, 6) is 0.863. The third-order valence-corrected chi connectivity index (χ3v) is 3.81. The normalized spacial score (nSPS) is 10.2. The van der Waals surface area contributed by atoms with Crippen LogP contribution in [-0.4, -0.2) is 24.2 Å². The monoisotopic (exact) mass is 314 g/mol. The van der Waals surface area contributed by atoms with Crippen molar-refractivity contribution < 1.29 is 4.74 Å². The number of ether oxygens (including phenoxy) is 1. The largest absolute Gasteiger partial charge is 0.497 e. The SMILES string of the molecule is COc1ccc(CN(C)C(=S)Nc2cc(C)cc(C)c2)cc1. The second-order valence-corrected chi connectivity index (χ2v) is 5.90. The number of thiocarbonyl (C=S) groups is 1. The summed E-state index contributed by atoms with van der Waals surface area (Å²) in [7, 11) is 3.66. The van der Waals surface area contributed by atoms with E-state index >= 15 is 0 Å². The summed E-state index contributed by atoms with van der Waals surface area (Å²) in [5, 5.41) is 4.01. The summed E-state index contributed by atoms with van der Waals surface area (Å²) in [6.45, 7) is 4.92. The number of hydrogen-bond donors (Lipinski definition) is 1. The van der Waals surface area contributed by atoms with Gasteiger partial charge in [-0.15, -0.1) is 0 Å². The standard InChI is InChI=1S/C18H22N2OS/c1-13-9-14(2)11-16(10-13)19-18(22)20(3)12-15-5-7-17(21-4)8-6-15/h5-11H,12H2,1-4H3,(H,19,22). The lowest BCUT2D eigenvalue weighted by Crippen LogP contribution is -2.30. The van der Waals surface area contributed by atoms with Crippen LogP contribution in [0, 0.1) is 13.8 Å². The molecule has 3 nitrogen and oxygen atoms in total. The third-order valence-electron chi connectivity index (χ3n) is 3.40. The molecule has 0 heterocycles. The van der Waals surface area contributed by atoms with Crippen LogP contribution in [0.4, 0.5) is 5.69 Å². The molecule has 0 amide bonds. The highest BCUT2D eigenvalue weighted by molar-refractivity contribution is 7.80. The lowest BCUT2D eigenvalue weighted by atomic mass is 10.1. The molecule has 116 valence electrons. The van der Waals surface area contributed by atoms with Crippen molar-refractivity contribution in [3.8, 4) is 5.75 Å². The number of aryl methyl sites for hydroxylation is 2. The Morgan fingerprint density at radius 1 is 1.09 bits per heavy atom. The lowest BCUT2D eigenvalue weighted by Gasteiger charge is -2.21. The van der Waals surface area contributed by atoms with Gasteiger partial charge in [0.25, 0.3) is 0 Å². The predicted octanol–water partition coefficient (Wildman–Crippen LogP) is 4.14. The molecular formula is C18H22N2OS. The Hall–Kier alpha value is -2.07. The highest BCUT2D eigenvalue weighted by atomic mass is 32.1. The van der Waals surface area contributed by atoms with Gasteiger partial charge < -0.3 is 15.0 Å². The molecule has 0 fully saturated rings. The molecule has 22 heavy (non-hydrogen) atoms. The van der Waals surface area contributed by atoms with Crippen LogP contribution in [0.25, 0.3) is 0 Å². The van der Waals surface area contributed by atoms with Crippen LogP contribution in [0.1, 0.15) is 16.7 Å². The molecule has 0 bridgehead atoms. The highest BCUT2D eigenvalue weighted by Crippen LogP contribution is 2.16. The van der Waals surface area contributed by atoms with E-state index in [0.717, 1.165) is 18.0 Å². The van der Waals surface area contributed by atoms with Gasteiger partial charge >= 0.3 is 0 Å². The van der Waals surface area contributed by atoms with Gasteiger partial charge in [-0.25, -0.2) is 0 Å². The van der Waals surface area contributed by atoms with E-state index in [1.165, 1.54) is 16.7 Å². The van der Waals surface area contributed by atoms with Gasteiger partial charge in [-0.1, -0.05) is 18.2 Å². The zero-order valence-corrected chi connectivity index (χ0v) is 14.3. The molecule has 0 spiro atoms. The molecule has 0 aliphatic rings. The van der Waals surface area contributed by atoms with Gasteiger partial charge in [-0.3, -0.25) is 0 Å². The fraction of sp³-hybridized carbons (Fsp3) is 0.278. The second kappa shape index (κ2) is 7.27. The van der Waals surface area contributed by atoms with Crippen LogP contribution in [0.15, 0.2) is 42.5 Å². The maximum atomic E-state index is 5.48. The molecule has 2 rings (SSSR count). The van der Waals surface area contributed by atoms with Crippen LogP contribution >= 0.6 is 12.2 Å². The Balaban J connectivity index is 1.99. The summed E-state index contributed by atoms with van der Waals surface area (Å²) in [4.78, 5) is 2.02. The molecule has 2 aromatic carbocycles. The molecule has 0 radical (unpaired) electrons. The molecule has 0 aliphatic carbocycles. The van der Waals surface area contributed by atoms with Crippen molar-refractivity contribution in [2.24, 2.45) is 0 Å². The minimum Gasteiger partial charge on any atom is -0.497 e. The van der Waals surface area contributed by atoms with Gasteiger partial charge in [-0.05, 0) is 67.0 Å². The Kier molecular flexibility index (Phi) is 5.39. The molecule has 0 unspecified atom stereocenters. The molecule has 0 saturated carbocycles. The van der Waals surface area contributed by atoms with Crippen LogP contribution < -0.4 is 10.1 Å². The quantitative estimate of drug-likeness (QED) is 0.857. The van der Waals surface area contributed by atoms with Crippen molar-refractivity contribution in [3.05, 3.63) is 59.2 Å². The molecule has 4 heteroatoms. The summed E-state index contributed by atoms with van der Waals surface area (Å²) in [6.07, 6.45) is 0. The van der Waals surface area contributed by atoms with Gasteiger partial charge in [0.05, 0.1) is 7.11 Å². The zero-order chi connectivity index (χ0) is 16.1. The third kappa shape index (κ3) is 4.46. The minimum absolute atomic E-state index is 0.709. The average molecular weight is 314 g/mol. The van der Waals surface area contributed by atoms with E-state index in [9.17, 15) is 0 Å². The van der Waals surface area contributed by atoms with Crippen molar-refractivity contribution in [1.29, 1.82) is 0 Å². The van der Waals surface area contributed by atoms with Crippen LogP contribution in [0.5, 0.6) is 5.75 Å². The van der Waals surface area contributed by atoms with E-state index in [2.05, 4.69) is 49.5 Å². The van der Waals surface area contributed by atoms with E-state index in [1.807, 2.05) is 24.1 Å². The summed E-state index contributed by atoms with van der Waals surface area (Å²) < 4.78 is 5.17. The topological polar surface area (TPSA) is 24.5 Å². The van der Waals surface area contributed by atoms with E-state index in [4.69, 9.17) is 17.0 Å². The molecule has 0 atom stereocenters. The van der Waals surface area contributed by atoms with Crippen LogP contribution in [0.3, 0.4) is 0 Å². The molecule has 0 aliphatic heterocycles. The smallest absolute Gasteiger partial charge is 0.173 e. The average Bonchev–Trinajstić information content (AvgIpc) is 2.46.